The second kappa shape index (κ2) is 11.4. The van der Waals surface area contributed by atoms with E-state index in [-0.39, 0.29) is 11.3 Å². The third-order valence-corrected chi connectivity index (χ3v) is 7.89. The van der Waals surface area contributed by atoms with E-state index in [0.29, 0.717) is 13.1 Å². The topological polar surface area (TPSA) is 89.9 Å². The van der Waals surface area contributed by atoms with Crippen molar-refractivity contribution >= 4 is 35.2 Å². The van der Waals surface area contributed by atoms with E-state index in [1.165, 1.54) is 5.57 Å². The predicted octanol–water partition coefficient (Wildman–Crippen LogP) is 3.47. The number of hydrogen-bond donors (Lipinski definition) is 3. The van der Waals surface area contributed by atoms with Crippen molar-refractivity contribution in [1.29, 1.82) is 0 Å². The molecule has 2 aromatic carbocycles. The molecule has 2 amide bonds. The fourth-order valence-electron chi connectivity index (χ4n) is 4.52. The van der Waals surface area contributed by atoms with Gasteiger partial charge in [-0.1, -0.05) is 65.7 Å². The van der Waals surface area contributed by atoms with Gasteiger partial charge in [0.05, 0.1) is 6.04 Å². The number of aliphatic hydroxyl groups is 2. The van der Waals surface area contributed by atoms with Gasteiger partial charge in [0.25, 0.3) is 11.8 Å². The standard InChI is InChI=1S/C26H29ClN2O4S/c27-21-10-5-4-9-19(21)13-17-14-20(34-16-17)15-28-25(32)23(30)24(31)26(33)29-12-6-11-22(29)18-7-2-1-3-8-18/h1-5,7-10,16,20,22-24,30-31H,6,11-15H2,(H,28,32)/t20?,22-,23-,24-/m1/s1. The number of likely N-dealkylation sites (tertiary alicyclic amines) is 1. The highest BCUT2D eigenvalue weighted by Crippen LogP contribution is 2.34. The Bertz CT molecular complexity index is 1050. The number of carbonyl (C=O) groups is 2. The number of thioether (sulfide) groups is 1. The SMILES string of the molecule is O=C(NCC1CC(Cc2ccccc2Cl)=CS1)[C@H](O)[C@@H](O)C(=O)N1CCC[C@@H]1c1ccccc1. The molecule has 1 unspecified atom stereocenters. The van der Waals surface area contributed by atoms with Gasteiger partial charge in [0.1, 0.15) is 0 Å². The average Bonchev–Trinajstić information content (AvgIpc) is 3.53. The highest BCUT2D eigenvalue weighted by atomic mass is 35.5. The highest BCUT2D eigenvalue weighted by molar-refractivity contribution is 8.03. The van der Waals surface area contributed by atoms with Crippen molar-refractivity contribution in [2.45, 2.75) is 49.2 Å². The monoisotopic (exact) mass is 500 g/mol. The third-order valence-electron chi connectivity index (χ3n) is 6.34. The Kier molecular flexibility index (Phi) is 8.32. The molecule has 6 nitrogen and oxygen atoms in total. The number of rotatable bonds is 8. The molecule has 2 aromatic rings. The van der Waals surface area contributed by atoms with E-state index < -0.39 is 24.0 Å². The summed E-state index contributed by atoms with van der Waals surface area (Å²) in [6.45, 7) is 0.822. The van der Waals surface area contributed by atoms with Crippen LogP contribution in [0.15, 0.2) is 65.6 Å². The molecule has 0 bridgehead atoms. The van der Waals surface area contributed by atoms with Crippen LogP contribution in [0.4, 0.5) is 0 Å². The van der Waals surface area contributed by atoms with Crippen molar-refractivity contribution in [3.63, 3.8) is 0 Å². The number of nitrogens with zero attached hydrogens (tertiary/aromatic N) is 1. The van der Waals surface area contributed by atoms with Gasteiger partial charge in [0.2, 0.25) is 0 Å². The van der Waals surface area contributed by atoms with Gasteiger partial charge >= 0.3 is 0 Å². The quantitative estimate of drug-likeness (QED) is 0.516. The van der Waals surface area contributed by atoms with E-state index in [9.17, 15) is 19.8 Å². The normalized spacial score (nSPS) is 21.7. The van der Waals surface area contributed by atoms with Crippen molar-refractivity contribution in [2.75, 3.05) is 13.1 Å². The van der Waals surface area contributed by atoms with Crippen molar-refractivity contribution in [3.05, 3.63) is 81.7 Å². The molecular weight excluding hydrogens is 472 g/mol. The summed E-state index contributed by atoms with van der Waals surface area (Å²) >= 11 is 7.87. The van der Waals surface area contributed by atoms with Gasteiger partial charge in [0, 0.05) is 23.4 Å². The van der Waals surface area contributed by atoms with Crippen molar-refractivity contribution < 1.29 is 19.8 Å². The number of aliphatic hydroxyl groups excluding tert-OH is 2. The fourth-order valence-corrected chi connectivity index (χ4v) is 5.78. The number of allylic oxidation sites excluding steroid dienone is 1. The van der Waals surface area contributed by atoms with Crippen LogP contribution in [0.3, 0.4) is 0 Å². The molecule has 1 saturated heterocycles. The lowest BCUT2D eigenvalue weighted by Crippen LogP contribution is -2.51. The zero-order chi connectivity index (χ0) is 24.1. The van der Waals surface area contributed by atoms with Crippen molar-refractivity contribution in [3.8, 4) is 0 Å². The first-order valence-electron chi connectivity index (χ1n) is 11.5. The second-order valence-electron chi connectivity index (χ2n) is 8.74. The van der Waals surface area contributed by atoms with Crippen LogP contribution in [0.2, 0.25) is 5.02 Å². The van der Waals surface area contributed by atoms with E-state index in [2.05, 4.69) is 10.7 Å². The van der Waals surface area contributed by atoms with Crippen molar-refractivity contribution in [1.82, 2.24) is 10.2 Å². The summed E-state index contributed by atoms with van der Waals surface area (Å²) in [5.41, 5.74) is 3.28. The Labute approximate surface area is 209 Å². The molecule has 180 valence electrons. The molecule has 0 aromatic heterocycles. The Hall–Kier alpha value is -2.32. The number of amides is 2. The molecule has 2 heterocycles. The predicted molar refractivity (Wildman–Crippen MR) is 134 cm³/mol. The van der Waals surface area contributed by atoms with Crippen molar-refractivity contribution in [2.24, 2.45) is 0 Å². The highest BCUT2D eigenvalue weighted by Gasteiger charge is 2.38. The summed E-state index contributed by atoms with van der Waals surface area (Å²) in [7, 11) is 0. The van der Waals surface area contributed by atoms with Crippen LogP contribution in [0, 0.1) is 0 Å². The van der Waals surface area contributed by atoms with E-state index >= 15 is 0 Å². The Balaban J connectivity index is 1.26. The summed E-state index contributed by atoms with van der Waals surface area (Å²) in [6.07, 6.45) is -0.470. The number of benzene rings is 2. The number of carbonyl (C=O) groups excluding carboxylic acids is 2. The van der Waals surface area contributed by atoms with Crippen LogP contribution in [0.1, 0.15) is 36.4 Å². The average molecular weight is 501 g/mol. The zero-order valence-corrected chi connectivity index (χ0v) is 20.3. The van der Waals surface area contributed by atoms with E-state index in [1.54, 1.807) is 16.7 Å². The minimum Gasteiger partial charge on any atom is -0.380 e. The minimum atomic E-state index is -1.81. The number of hydrogen-bond acceptors (Lipinski definition) is 5. The number of nitrogens with one attached hydrogen (secondary N) is 1. The Morgan fingerprint density at radius 3 is 2.59 bits per heavy atom. The maximum Gasteiger partial charge on any atom is 0.255 e. The molecule has 0 aliphatic carbocycles. The summed E-state index contributed by atoms with van der Waals surface area (Å²) in [4.78, 5) is 26.9. The summed E-state index contributed by atoms with van der Waals surface area (Å²) < 4.78 is 0. The van der Waals surface area contributed by atoms with E-state index in [1.807, 2.05) is 54.6 Å². The first kappa shape index (κ1) is 24.8. The first-order chi connectivity index (χ1) is 16.4. The van der Waals surface area contributed by atoms with Crippen LogP contribution in [-0.2, 0) is 16.0 Å². The molecule has 8 heteroatoms. The molecule has 4 atom stereocenters. The van der Waals surface area contributed by atoms with Gasteiger partial charge in [0.15, 0.2) is 12.2 Å². The summed E-state index contributed by atoms with van der Waals surface area (Å²) in [5.74, 6) is -1.36. The van der Waals surface area contributed by atoms with Gasteiger partial charge in [-0.3, -0.25) is 9.59 Å². The second-order valence-corrected chi connectivity index (χ2v) is 10.3. The van der Waals surface area contributed by atoms with Crippen LogP contribution >= 0.6 is 23.4 Å². The summed E-state index contributed by atoms with van der Waals surface area (Å²) in [6, 6.07) is 17.2. The van der Waals surface area contributed by atoms with Crippen LogP contribution in [-0.4, -0.2) is 57.5 Å². The van der Waals surface area contributed by atoms with E-state index in [0.717, 1.165) is 41.8 Å². The lowest BCUT2D eigenvalue weighted by atomic mass is 10.0. The molecule has 3 N–H and O–H groups in total. The van der Waals surface area contributed by atoms with Crippen LogP contribution in [0.5, 0.6) is 0 Å². The molecule has 4 rings (SSSR count). The molecule has 34 heavy (non-hydrogen) atoms. The minimum absolute atomic E-state index is 0.127. The van der Waals surface area contributed by atoms with Gasteiger partial charge < -0.3 is 20.4 Å². The van der Waals surface area contributed by atoms with Gasteiger partial charge in [-0.2, -0.15) is 0 Å². The molecule has 0 radical (unpaired) electrons. The fraction of sp³-hybridized carbons (Fsp3) is 0.385. The van der Waals surface area contributed by atoms with Gasteiger partial charge in [-0.15, -0.1) is 11.8 Å². The van der Waals surface area contributed by atoms with Gasteiger partial charge in [-0.25, -0.2) is 0 Å². The summed E-state index contributed by atoms with van der Waals surface area (Å²) in [5, 5.41) is 26.5. The van der Waals surface area contributed by atoms with Crippen LogP contribution < -0.4 is 5.32 Å². The molecule has 0 spiro atoms. The third kappa shape index (κ3) is 5.84. The zero-order valence-electron chi connectivity index (χ0n) is 18.8. The first-order valence-corrected chi connectivity index (χ1v) is 12.8. The maximum absolute atomic E-state index is 12.9. The molecule has 1 fully saturated rings. The smallest absolute Gasteiger partial charge is 0.255 e. The lowest BCUT2D eigenvalue weighted by Gasteiger charge is -2.28. The van der Waals surface area contributed by atoms with Crippen LogP contribution in [0.25, 0.3) is 0 Å². The largest absolute Gasteiger partial charge is 0.380 e. The van der Waals surface area contributed by atoms with E-state index in [4.69, 9.17) is 11.6 Å². The Morgan fingerprint density at radius 2 is 1.82 bits per heavy atom. The van der Waals surface area contributed by atoms with Gasteiger partial charge in [-0.05, 0) is 48.3 Å². The molecule has 0 saturated carbocycles. The number of halogens is 1. The lowest BCUT2D eigenvalue weighted by molar-refractivity contribution is -0.153. The molecule has 2 aliphatic rings. The maximum atomic E-state index is 12.9. The molecular formula is C26H29ClN2O4S. The molecule has 2 aliphatic heterocycles. The Morgan fingerprint density at radius 1 is 1.09 bits per heavy atom.